The van der Waals surface area contributed by atoms with E-state index >= 15 is 0 Å². The van der Waals surface area contributed by atoms with Gasteiger partial charge in [0.1, 0.15) is 5.69 Å². The molecular formula is C14H17N3O. The van der Waals surface area contributed by atoms with E-state index in [4.69, 9.17) is 0 Å². The topological polar surface area (TPSA) is 38.1 Å². The standard InChI is InChI=1S/C14H17N3O/c1-4-17(12-7-5-6-11(2)8-12)14(18)13-9-15-10-16(13)3/h5-10H,4H2,1-3H3. The lowest BCUT2D eigenvalue weighted by atomic mass is 10.2. The van der Waals surface area contributed by atoms with Crippen molar-refractivity contribution in [2.45, 2.75) is 13.8 Å². The van der Waals surface area contributed by atoms with Crippen molar-refractivity contribution in [2.24, 2.45) is 7.05 Å². The fourth-order valence-corrected chi connectivity index (χ4v) is 1.94. The molecule has 1 aromatic heterocycles. The Labute approximate surface area is 107 Å². The molecule has 1 amide bonds. The first kappa shape index (κ1) is 12.4. The Morgan fingerprint density at radius 2 is 2.22 bits per heavy atom. The van der Waals surface area contributed by atoms with Crippen LogP contribution in [0.2, 0.25) is 0 Å². The third-order valence-corrected chi connectivity index (χ3v) is 2.91. The van der Waals surface area contributed by atoms with Crippen LogP contribution in [0.25, 0.3) is 0 Å². The van der Waals surface area contributed by atoms with E-state index in [1.165, 1.54) is 0 Å². The lowest BCUT2D eigenvalue weighted by molar-refractivity contribution is 0.0980. The Hall–Kier alpha value is -2.10. The van der Waals surface area contributed by atoms with E-state index < -0.39 is 0 Å². The number of carbonyl (C=O) groups excluding carboxylic acids is 1. The van der Waals surface area contributed by atoms with E-state index in [0.29, 0.717) is 12.2 Å². The maximum atomic E-state index is 12.4. The minimum absolute atomic E-state index is 0.0249. The first-order chi connectivity index (χ1) is 8.63. The number of amides is 1. The molecule has 1 heterocycles. The van der Waals surface area contributed by atoms with E-state index in [0.717, 1.165) is 11.3 Å². The average Bonchev–Trinajstić information content (AvgIpc) is 2.76. The quantitative estimate of drug-likeness (QED) is 0.830. The van der Waals surface area contributed by atoms with E-state index in [-0.39, 0.29) is 5.91 Å². The molecule has 4 nitrogen and oxygen atoms in total. The zero-order valence-electron chi connectivity index (χ0n) is 10.9. The van der Waals surface area contributed by atoms with Crippen LogP contribution in [-0.2, 0) is 7.05 Å². The summed E-state index contributed by atoms with van der Waals surface area (Å²) in [6, 6.07) is 7.94. The van der Waals surface area contributed by atoms with Gasteiger partial charge in [-0.2, -0.15) is 0 Å². The van der Waals surface area contributed by atoms with Crippen molar-refractivity contribution < 1.29 is 4.79 Å². The van der Waals surface area contributed by atoms with Crippen molar-refractivity contribution in [1.82, 2.24) is 9.55 Å². The highest BCUT2D eigenvalue weighted by atomic mass is 16.2. The van der Waals surface area contributed by atoms with Crippen LogP contribution in [0.3, 0.4) is 0 Å². The fourth-order valence-electron chi connectivity index (χ4n) is 1.94. The summed E-state index contributed by atoms with van der Waals surface area (Å²) in [4.78, 5) is 18.2. The van der Waals surface area contributed by atoms with Crippen molar-refractivity contribution in [2.75, 3.05) is 11.4 Å². The molecule has 0 unspecified atom stereocenters. The largest absolute Gasteiger partial charge is 0.330 e. The van der Waals surface area contributed by atoms with Crippen LogP contribution in [0.15, 0.2) is 36.8 Å². The minimum Gasteiger partial charge on any atom is -0.330 e. The van der Waals surface area contributed by atoms with Crippen LogP contribution >= 0.6 is 0 Å². The molecule has 0 atom stereocenters. The predicted molar refractivity (Wildman–Crippen MR) is 71.7 cm³/mol. The van der Waals surface area contributed by atoms with E-state index in [9.17, 15) is 4.79 Å². The molecule has 0 aliphatic carbocycles. The number of rotatable bonds is 3. The van der Waals surface area contributed by atoms with Gasteiger partial charge in [0.25, 0.3) is 5.91 Å². The molecule has 0 bridgehead atoms. The molecule has 0 aliphatic rings. The second-order valence-electron chi connectivity index (χ2n) is 4.28. The number of hydrogen-bond donors (Lipinski definition) is 0. The normalized spacial score (nSPS) is 10.4. The summed E-state index contributed by atoms with van der Waals surface area (Å²) in [5.74, 6) is -0.0249. The van der Waals surface area contributed by atoms with Gasteiger partial charge in [-0.25, -0.2) is 4.98 Å². The summed E-state index contributed by atoms with van der Waals surface area (Å²) in [5.41, 5.74) is 2.66. The lowest BCUT2D eigenvalue weighted by Crippen LogP contribution is -2.31. The molecule has 4 heteroatoms. The number of hydrogen-bond acceptors (Lipinski definition) is 2. The third kappa shape index (κ3) is 2.27. The predicted octanol–water partition coefficient (Wildman–Crippen LogP) is 2.40. The molecule has 0 aliphatic heterocycles. The zero-order chi connectivity index (χ0) is 13.1. The van der Waals surface area contributed by atoms with E-state index in [1.54, 1.807) is 22.0 Å². The Balaban J connectivity index is 2.35. The highest BCUT2D eigenvalue weighted by Crippen LogP contribution is 2.18. The smallest absolute Gasteiger partial charge is 0.276 e. The van der Waals surface area contributed by atoms with Gasteiger partial charge < -0.3 is 9.47 Å². The van der Waals surface area contributed by atoms with Crippen LogP contribution in [0, 0.1) is 6.92 Å². The maximum absolute atomic E-state index is 12.4. The summed E-state index contributed by atoms with van der Waals surface area (Å²) < 4.78 is 1.74. The Morgan fingerprint density at radius 1 is 1.44 bits per heavy atom. The number of nitrogens with zero attached hydrogens (tertiary/aromatic N) is 3. The summed E-state index contributed by atoms with van der Waals surface area (Å²) >= 11 is 0. The van der Waals surface area contributed by atoms with Crippen LogP contribution in [0.4, 0.5) is 5.69 Å². The first-order valence-electron chi connectivity index (χ1n) is 5.98. The van der Waals surface area contributed by atoms with Gasteiger partial charge >= 0.3 is 0 Å². The van der Waals surface area contributed by atoms with Crippen molar-refractivity contribution in [3.8, 4) is 0 Å². The molecule has 0 radical (unpaired) electrons. The van der Waals surface area contributed by atoms with Gasteiger partial charge in [-0.05, 0) is 31.5 Å². The van der Waals surface area contributed by atoms with Crippen molar-refractivity contribution in [1.29, 1.82) is 0 Å². The summed E-state index contributed by atoms with van der Waals surface area (Å²) in [6.45, 7) is 4.62. The van der Waals surface area contributed by atoms with Gasteiger partial charge in [0, 0.05) is 19.3 Å². The maximum Gasteiger partial charge on any atom is 0.276 e. The Kier molecular flexibility index (Phi) is 3.46. The second kappa shape index (κ2) is 5.04. The molecule has 2 rings (SSSR count). The van der Waals surface area contributed by atoms with Crippen LogP contribution in [0.5, 0.6) is 0 Å². The molecule has 0 saturated carbocycles. The molecular weight excluding hydrogens is 226 g/mol. The Morgan fingerprint density at radius 3 is 2.78 bits per heavy atom. The zero-order valence-corrected chi connectivity index (χ0v) is 10.9. The van der Waals surface area contributed by atoms with Crippen LogP contribution in [-0.4, -0.2) is 22.0 Å². The van der Waals surface area contributed by atoms with Crippen molar-refractivity contribution in [3.05, 3.63) is 48.0 Å². The Bertz CT molecular complexity index is 560. The minimum atomic E-state index is -0.0249. The number of carbonyl (C=O) groups is 1. The third-order valence-electron chi connectivity index (χ3n) is 2.91. The fraction of sp³-hybridized carbons (Fsp3) is 0.286. The van der Waals surface area contributed by atoms with Crippen molar-refractivity contribution in [3.63, 3.8) is 0 Å². The highest BCUT2D eigenvalue weighted by Gasteiger charge is 2.18. The van der Waals surface area contributed by atoms with E-state index in [2.05, 4.69) is 4.98 Å². The summed E-state index contributed by atoms with van der Waals surface area (Å²) in [6.07, 6.45) is 3.23. The van der Waals surface area contributed by atoms with Gasteiger partial charge in [0.15, 0.2) is 0 Å². The molecule has 0 spiro atoms. The van der Waals surface area contributed by atoms with Gasteiger partial charge in [-0.1, -0.05) is 12.1 Å². The monoisotopic (exact) mass is 243 g/mol. The SMILES string of the molecule is CCN(C(=O)c1cncn1C)c1cccc(C)c1. The number of anilines is 1. The molecule has 94 valence electrons. The summed E-state index contributed by atoms with van der Waals surface area (Å²) in [5, 5.41) is 0. The number of aryl methyl sites for hydroxylation is 2. The first-order valence-corrected chi connectivity index (χ1v) is 5.98. The summed E-state index contributed by atoms with van der Waals surface area (Å²) in [7, 11) is 1.82. The van der Waals surface area contributed by atoms with Gasteiger partial charge in [0.2, 0.25) is 0 Å². The average molecular weight is 243 g/mol. The molecule has 0 saturated heterocycles. The van der Waals surface area contributed by atoms with Gasteiger partial charge in [-0.3, -0.25) is 4.79 Å². The molecule has 2 aromatic rings. The molecule has 0 fully saturated rings. The molecule has 18 heavy (non-hydrogen) atoms. The highest BCUT2D eigenvalue weighted by molar-refractivity contribution is 6.04. The van der Waals surface area contributed by atoms with Crippen LogP contribution < -0.4 is 4.90 Å². The number of imidazole rings is 1. The molecule has 1 aromatic carbocycles. The van der Waals surface area contributed by atoms with Crippen molar-refractivity contribution >= 4 is 11.6 Å². The van der Waals surface area contributed by atoms with Crippen LogP contribution in [0.1, 0.15) is 23.0 Å². The van der Waals surface area contributed by atoms with Gasteiger partial charge in [0.05, 0.1) is 12.5 Å². The molecule has 0 N–H and O–H groups in total. The lowest BCUT2D eigenvalue weighted by Gasteiger charge is -2.21. The van der Waals surface area contributed by atoms with Gasteiger partial charge in [-0.15, -0.1) is 0 Å². The van der Waals surface area contributed by atoms with E-state index in [1.807, 2.05) is 45.2 Å². The number of benzene rings is 1. The number of aromatic nitrogens is 2. The second-order valence-corrected chi connectivity index (χ2v) is 4.28.